The molecule has 0 fully saturated rings. The van der Waals surface area contributed by atoms with Crippen LogP contribution in [0.3, 0.4) is 0 Å². The average molecular weight is 623 g/mol. The Bertz CT molecular complexity index is 1640. The Labute approximate surface area is 280 Å². The lowest BCUT2D eigenvalue weighted by Gasteiger charge is -2.31. The highest BCUT2D eigenvalue weighted by Gasteiger charge is 2.39. The van der Waals surface area contributed by atoms with Gasteiger partial charge in [0.25, 0.3) is 0 Å². The summed E-state index contributed by atoms with van der Waals surface area (Å²) in [6.45, 7) is 18.8. The fraction of sp³-hybridized carbons (Fsp3) is 0.378. The Morgan fingerprint density at radius 1 is 0.543 bits per heavy atom. The highest BCUT2D eigenvalue weighted by molar-refractivity contribution is 6.93. The van der Waals surface area contributed by atoms with Crippen molar-refractivity contribution in [2.24, 2.45) is 0 Å². The maximum absolute atomic E-state index is 2.70. The van der Waals surface area contributed by atoms with E-state index >= 15 is 0 Å². The molecule has 0 amide bonds. The lowest BCUT2D eigenvalue weighted by molar-refractivity contribution is 0.590. The molecule has 0 radical (unpaired) electrons. The third-order valence-corrected chi connectivity index (χ3v) is 15.7. The van der Waals surface area contributed by atoms with Gasteiger partial charge in [-0.1, -0.05) is 194 Å². The van der Waals surface area contributed by atoms with Crippen molar-refractivity contribution in [1.82, 2.24) is 0 Å². The highest BCUT2D eigenvalue weighted by Crippen LogP contribution is 2.46. The van der Waals surface area contributed by atoms with Gasteiger partial charge in [-0.15, -0.1) is 0 Å². The molecule has 0 spiro atoms. The van der Waals surface area contributed by atoms with Crippen LogP contribution < -0.4 is 0 Å². The minimum absolute atomic E-state index is 0.164. The zero-order chi connectivity index (χ0) is 32.7. The van der Waals surface area contributed by atoms with Gasteiger partial charge in [0.05, 0.1) is 0 Å². The zero-order valence-corrected chi connectivity index (χ0v) is 30.7. The standard InChI is InChI=1S/C45H54Si/c1-9-10-11-12-27-46(8,38-28-34-15-13-17-40(42(34)30-38)32-19-23-36(24-20-32)44(2,3)4)39-29-35-16-14-18-41(43(35)31-39)33-21-25-37(26-22-33)45(5,6)7/h13-26,30-31H,9-12,27-29H2,1-8H3. The van der Waals surface area contributed by atoms with Crippen molar-refractivity contribution in [3.63, 3.8) is 0 Å². The monoisotopic (exact) mass is 622 g/mol. The summed E-state index contributed by atoms with van der Waals surface area (Å²) in [5.74, 6) is 0. The fourth-order valence-corrected chi connectivity index (χ4v) is 11.8. The summed E-state index contributed by atoms with van der Waals surface area (Å²) in [5, 5.41) is 3.46. The second kappa shape index (κ2) is 12.6. The molecule has 0 saturated carbocycles. The van der Waals surface area contributed by atoms with E-state index in [1.165, 1.54) is 87.4 Å². The molecule has 0 saturated heterocycles. The maximum atomic E-state index is 2.70. The van der Waals surface area contributed by atoms with E-state index < -0.39 is 8.07 Å². The van der Waals surface area contributed by atoms with Crippen molar-refractivity contribution in [2.75, 3.05) is 0 Å². The van der Waals surface area contributed by atoms with Crippen LogP contribution in [0.1, 0.15) is 108 Å². The molecule has 0 unspecified atom stereocenters. The number of unbranched alkanes of at least 4 members (excludes halogenated alkanes) is 3. The highest BCUT2D eigenvalue weighted by atomic mass is 28.3. The van der Waals surface area contributed by atoms with Crippen molar-refractivity contribution in [3.05, 3.63) is 129 Å². The fourth-order valence-electron chi connectivity index (χ4n) is 7.68. The number of benzene rings is 4. The summed E-state index contributed by atoms with van der Waals surface area (Å²) in [5.41, 5.74) is 14.5. The quantitative estimate of drug-likeness (QED) is 0.129. The molecule has 1 heteroatoms. The second-order valence-electron chi connectivity index (χ2n) is 16.2. The minimum atomic E-state index is -1.92. The van der Waals surface area contributed by atoms with Crippen LogP contribution in [0.15, 0.2) is 95.3 Å². The summed E-state index contributed by atoms with van der Waals surface area (Å²) < 4.78 is 0. The lowest BCUT2D eigenvalue weighted by atomic mass is 9.86. The average Bonchev–Trinajstić information content (AvgIpc) is 3.68. The number of rotatable bonds is 9. The topological polar surface area (TPSA) is 0 Å². The maximum Gasteiger partial charge on any atom is 0.106 e. The molecule has 46 heavy (non-hydrogen) atoms. The van der Waals surface area contributed by atoms with Gasteiger partial charge in [-0.3, -0.25) is 0 Å². The first kappa shape index (κ1) is 32.5. The minimum Gasteiger partial charge on any atom is -0.0712 e. The SMILES string of the molecule is CCCCCC[Si](C)(C1=Cc2c(cccc2-c2ccc(C(C)(C)C)cc2)C1)C1=Cc2c(cccc2-c2ccc(C(C)(C)C)cc2)C1. The van der Waals surface area contributed by atoms with Crippen LogP contribution in [-0.4, -0.2) is 8.07 Å². The van der Waals surface area contributed by atoms with E-state index in [1.54, 1.807) is 10.4 Å². The summed E-state index contributed by atoms with van der Waals surface area (Å²) in [6.07, 6.45) is 12.8. The van der Waals surface area contributed by atoms with Crippen LogP contribution in [0.2, 0.25) is 12.6 Å². The van der Waals surface area contributed by atoms with E-state index in [4.69, 9.17) is 0 Å². The zero-order valence-electron chi connectivity index (χ0n) is 29.7. The number of allylic oxidation sites excluding steroid dienone is 2. The normalized spacial score (nSPS) is 14.6. The Kier molecular flexibility index (Phi) is 8.94. The van der Waals surface area contributed by atoms with E-state index in [0.717, 1.165) is 12.8 Å². The summed E-state index contributed by atoms with van der Waals surface area (Å²) >= 11 is 0. The van der Waals surface area contributed by atoms with E-state index in [-0.39, 0.29) is 10.8 Å². The molecule has 0 nitrogen and oxygen atoms in total. The molecule has 2 aliphatic carbocycles. The Balaban J connectivity index is 1.37. The van der Waals surface area contributed by atoms with Gasteiger partial charge in [-0.05, 0) is 79.3 Å². The van der Waals surface area contributed by atoms with Crippen molar-refractivity contribution in [2.45, 2.75) is 110 Å². The van der Waals surface area contributed by atoms with Crippen LogP contribution in [0.4, 0.5) is 0 Å². The molecule has 0 aliphatic heterocycles. The van der Waals surface area contributed by atoms with Crippen molar-refractivity contribution in [3.8, 4) is 22.3 Å². The third kappa shape index (κ3) is 6.41. The third-order valence-electron chi connectivity index (χ3n) is 10.9. The molecule has 0 N–H and O–H groups in total. The van der Waals surface area contributed by atoms with Crippen LogP contribution in [0.25, 0.3) is 34.4 Å². The smallest absolute Gasteiger partial charge is 0.0712 e. The van der Waals surface area contributed by atoms with Crippen molar-refractivity contribution in [1.29, 1.82) is 0 Å². The Morgan fingerprint density at radius 2 is 0.978 bits per heavy atom. The van der Waals surface area contributed by atoms with Gasteiger partial charge in [-0.2, -0.15) is 0 Å². The molecular weight excluding hydrogens is 569 g/mol. The van der Waals surface area contributed by atoms with E-state index in [9.17, 15) is 0 Å². The molecule has 0 heterocycles. The van der Waals surface area contributed by atoms with E-state index in [0.29, 0.717) is 0 Å². The molecule has 4 aromatic carbocycles. The summed E-state index contributed by atoms with van der Waals surface area (Å²) in [6, 6.07) is 34.0. The van der Waals surface area contributed by atoms with E-state index in [1.807, 2.05) is 0 Å². The largest absolute Gasteiger partial charge is 0.106 e. The van der Waals surface area contributed by atoms with Gasteiger partial charge in [0.15, 0.2) is 0 Å². The molecule has 4 aromatic rings. The molecule has 0 atom stereocenters. The van der Waals surface area contributed by atoms with Crippen LogP contribution >= 0.6 is 0 Å². The number of hydrogen-bond donors (Lipinski definition) is 0. The first-order valence-corrected chi connectivity index (χ1v) is 20.5. The molecular formula is C45H54Si. The van der Waals surface area contributed by atoms with Crippen molar-refractivity contribution >= 4 is 20.2 Å². The van der Waals surface area contributed by atoms with Crippen LogP contribution in [-0.2, 0) is 23.7 Å². The van der Waals surface area contributed by atoms with Gasteiger partial charge in [-0.25, -0.2) is 0 Å². The Hall–Kier alpha value is -3.42. The Morgan fingerprint density at radius 3 is 1.37 bits per heavy atom. The van der Waals surface area contributed by atoms with Gasteiger partial charge < -0.3 is 0 Å². The first-order chi connectivity index (χ1) is 21.9. The predicted molar refractivity (Wildman–Crippen MR) is 205 cm³/mol. The molecule has 238 valence electrons. The van der Waals surface area contributed by atoms with Gasteiger partial charge >= 0.3 is 0 Å². The first-order valence-electron chi connectivity index (χ1n) is 17.8. The van der Waals surface area contributed by atoms with Gasteiger partial charge in [0.1, 0.15) is 8.07 Å². The lowest BCUT2D eigenvalue weighted by Crippen LogP contribution is -2.36. The van der Waals surface area contributed by atoms with Crippen LogP contribution in [0, 0.1) is 0 Å². The summed E-state index contributed by atoms with van der Waals surface area (Å²) in [4.78, 5) is 0. The van der Waals surface area contributed by atoms with Crippen LogP contribution in [0.5, 0.6) is 0 Å². The summed E-state index contributed by atoms with van der Waals surface area (Å²) in [7, 11) is -1.92. The molecule has 6 rings (SSSR count). The predicted octanol–water partition coefficient (Wildman–Crippen LogP) is 12.9. The number of hydrogen-bond acceptors (Lipinski definition) is 0. The molecule has 0 aromatic heterocycles. The van der Waals surface area contributed by atoms with Gasteiger partial charge in [0, 0.05) is 0 Å². The second-order valence-corrected chi connectivity index (χ2v) is 20.7. The number of fused-ring (bicyclic) bond motifs is 2. The van der Waals surface area contributed by atoms with Crippen molar-refractivity contribution < 1.29 is 0 Å². The van der Waals surface area contributed by atoms with Gasteiger partial charge in [0.2, 0.25) is 0 Å². The molecule has 0 bridgehead atoms. The van der Waals surface area contributed by atoms with E-state index in [2.05, 4.69) is 152 Å². The molecule has 2 aliphatic rings.